The summed E-state index contributed by atoms with van der Waals surface area (Å²) in [4.78, 5) is 14.7. The normalized spacial score (nSPS) is 19.8. The minimum Gasteiger partial charge on any atom is -0.366 e. The lowest BCUT2D eigenvalue weighted by atomic mass is 9.76. The zero-order chi connectivity index (χ0) is 20.1. The van der Waals surface area contributed by atoms with Crippen molar-refractivity contribution >= 4 is 26.0 Å². The molecule has 2 aliphatic heterocycles. The first-order valence-electron chi connectivity index (χ1n) is 9.80. The molecule has 0 radical (unpaired) electrons. The summed E-state index contributed by atoms with van der Waals surface area (Å²) in [6.07, 6.45) is 0.422. The molecule has 4 nitrogen and oxygen atoms in total. The fourth-order valence-corrected chi connectivity index (χ4v) is 5.04. The van der Waals surface area contributed by atoms with Crippen LogP contribution in [0.1, 0.15) is 36.1 Å². The van der Waals surface area contributed by atoms with Crippen LogP contribution in [0.4, 0.5) is 0 Å². The summed E-state index contributed by atoms with van der Waals surface area (Å²) in [6.45, 7) is 12.0. The molecule has 2 aromatic carbocycles. The van der Waals surface area contributed by atoms with Crippen LogP contribution in [0.3, 0.4) is 0 Å². The van der Waals surface area contributed by atoms with Gasteiger partial charge in [-0.15, -0.1) is 0 Å². The maximum Gasteiger partial charge on any atom is 0.540 e. The molecule has 146 valence electrons. The molecule has 28 heavy (non-hydrogen) atoms. The summed E-state index contributed by atoms with van der Waals surface area (Å²) in [5, 5.41) is -0.247. The third-order valence-corrected chi connectivity index (χ3v) is 9.61. The van der Waals surface area contributed by atoms with Gasteiger partial charge >= 0.3 is 7.12 Å². The van der Waals surface area contributed by atoms with Crippen molar-refractivity contribution in [3.63, 3.8) is 0 Å². The standard InChI is InChI=1S/C22H28BNO3P/c1-16-12-17(10-11-20(16)23-26-22(2,3)28(4,5)27-23)13-21(25)24-14-18-8-6-7-9-19(18)15-24/h6-12H,13-15H2,1-5H3/q+1. The Morgan fingerprint density at radius 2 is 1.79 bits per heavy atom. The summed E-state index contributed by atoms with van der Waals surface area (Å²) in [6, 6.07) is 14.5. The maximum absolute atomic E-state index is 12.8. The van der Waals surface area contributed by atoms with E-state index in [9.17, 15) is 4.79 Å². The maximum atomic E-state index is 12.8. The molecule has 0 unspecified atom stereocenters. The highest BCUT2D eigenvalue weighted by Gasteiger charge is 2.59. The Labute approximate surface area is 168 Å². The van der Waals surface area contributed by atoms with Crippen LogP contribution in [-0.2, 0) is 33.4 Å². The van der Waals surface area contributed by atoms with Gasteiger partial charge in [-0.25, -0.2) is 0 Å². The van der Waals surface area contributed by atoms with E-state index >= 15 is 0 Å². The molecule has 1 saturated heterocycles. The van der Waals surface area contributed by atoms with E-state index in [0.717, 1.165) is 16.6 Å². The molecule has 0 aliphatic carbocycles. The number of aryl methyl sites for hydroxylation is 1. The highest BCUT2D eigenvalue weighted by atomic mass is 31.2. The molecule has 0 N–H and O–H groups in total. The van der Waals surface area contributed by atoms with Crippen molar-refractivity contribution < 1.29 is 13.9 Å². The Hall–Kier alpha value is -1.68. The van der Waals surface area contributed by atoms with Crippen LogP contribution in [0.2, 0.25) is 0 Å². The van der Waals surface area contributed by atoms with Crippen LogP contribution in [0, 0.1) is 6.92 Å². The van der Waals surface area contributed by atoms with E-state index in [0.29, 0.717) is 19.5 Å². The van der Waals surface area contributed by atoms with Crippen molar-refractivity contribution in [2.24, 2.45) is 0 Å². The molecule has 0 atom stereocenters. The summed E-state index contributed by atoms with van der Waals surface area (Å²) < 4.78 is 12.5. The smallest absolute Gasteiger partial charge is 0.366 e. The number of amides is 1. The monoisotopic (exact) mass is 396 g/mol. The van der Waals surface area contributed by atoms with Gasteiger partial charge in [0.25, 0.3) is 0 Å². The van der Waals surface area contributed by atoms with Crippen LogP contribution >= 0.6 is 7.49 Å². The lowest BCUT2D eigenvalue weighted by Crippen LogP contribution is -2.36. The molecular formula is C22H28BNO3P+. The Bertz CT molecular complexity index is 887. The van der Waals surface area contributed by atoms with Gasteiger partial charge in [-0.1, -0.05) is 48.0 Å². The quantitative estimate of drug-likeness (QED) is 0.586. The molecule has 0 bridgehead atoms. The molecule has 0 spiro atoms. The number of carbonyl (C=O) groups excluding carboxylic acids is 1. The second kappa shape index (κ2) is 6.98. The molecule has 2 aromatic rings. The zero-order valence-electron chi connectivity index (χ0n) is 17.4. The number of carbonyl (C=O) groups is 1. The van der Waals surface area contributed by atoms with Crippen molar-refractivity contribution in [1.29, 1.82) is 0 Å². The Morgan fingerprint density at radius 1 is 1.14 bits per heavy atom. The number of fused-ring (bicyclic) bond motifs is 1. The van der Waals surface area contributed by atoms with E-state index in [2.05, 4.69) is 58.4 Å². The highest BCUT2D eigenvalue weighted by molar-refractivity contribution is 7.72. The van der Waals surface area contributed by atoms with E-state index in [1.54, 1.807) is 0 Å². The molecule has 1 amide bonds. The van der Waals surface area contributed by atoms with Gasteiger partial charge in [0.2, 0.25) is 5.91 Å². The van der Waals surface area contributed by atoms with Gasteiger partial charge in [0.15, 0.2) is 12.8 Å². The average molecular weight is 396 g/mol. The first kappa shape index (κ1) is 19.6. The minimum atomic E-state index is -1.60. The second-order valence-corrected chi connectivity index (χ2v) is 12.7. The molecule has 0 aromatic heterocycles. The van der Waals surface area contributed by atoms with Crippen molar-refractivity contribution in [3.05, 3.63) is 64.7 Å². The van der Waals surface area contributed by atoms with Crippen LogP contribution in [-0.4, -0.2) is 36.6 Å². The summed E-state index contributed by atoms with van der Waals surface area (Å²) in [5.41, 5.74) is 5.72. The SMILES string of the molecule is Cc1cc(CC(=O)N2Cc3ccccc3C2)ccc1B1OC(C)(C)[P+](C)(C)O1. The number of rotatable bonds is 3. The predicted octanol–water partition coefficient (Wildman–Crippen LogP) is 3.75. The number of hydrogen-bond donors (Lipinski definition) is 0. The Balaban J connectivity index is 1.45. The van der Waals surface area contributed by atoms with Crippen LogP contribution < -0.4 is 5.46 Å². The van der Waals surface area contributed by atoms with Crippen LogP contribution in [0.15, 0.2) is 42.5 Å². The Morgan fingerprint density at radius 3 is 2.32 bits per heavy atom. The van der Waals surface area contributed by atoms with Crippen molar-refractivity contribution in [2.75, 3.05) is 13.3 Å². The molecule has 0 saturated carbocycles. The fourth-order valence-electron chi connectivity index (χ4n) is 3.81. The first-order chi connectivity index (χ1) is 13.2. The molecule has 2 aliphatic rings. The van der Waals surface area contributed by atoms with E-state index in [4.69, 9.17) is 9.10 Å². The number of hydrogen-bond acceptors (Lipinski definition) is 3. The van der Waals surface area contributed by atoms with Crippen molar-refractivity contribution in [3.8, 4) is 0 Å². The predicted molar refractivity (Wildman–Crippen MR) is 116 cm³/mol. The molecule has 2 heterocycles. The second-order valence-electron chi connectivity index (χ2n) is 8.74. The van der Waals surface area contributed by atoms with Crippen molar-refractivity contribution in [2.45, 2.75) is 45.6 Å². The van der Waals surface area contributed by atoms with Gasteiger partial charge in [0.1, 0.15) is 0 Å². The highest BCUT2D eigenvalue weighted by Crippen LogP contribution is 2.68. The first-order valence-corrected chi connectivity index (χ1v) is 12.4. The van der Waals surface area contributed by atoms with Crippen molar-refractivity contribution in [1.82, 2.24) is 4.90 Å². The van der Waals surface area contributed by atoms with Gasteiger partial charge in [-0.2, -0.15) is 0 Å². The van der Waals surface area contributed by atoms with E-state index in [-0.39, 0.29) is 18.4 Å². The topological polar surface area (TPSA) is 38.8 Å². The molecule has 4 rings (SSSR count). The van der Waals surface area contributed by atoms with Crippen LogP contribution in [0.25, 0.3) is 0 Å². The lowest BCUT2D eigenvalue weighted by molar-refractivity contribution is -0.131. The zero-order valence-corrected chi connectivity index (χ0v) is 18.3. The summed E-state index contributed by atoms with van der Waals surface area (Å²) in [7, 11) is -1.92. The lowest BCUT2D eigenvalue weighted by Gasteiger charge is -2.23. The van der Waals surface area contributed by atoms with Gasteiger partial charge < -0.3 is 9.55 Å². The third kappa shape index (κ3) is 3.52. The third-order valence-electron chi connectivity index (χ3n) is 6.19. The minimum absolute atomic E-state index is 0.171. The van der Waals surface area contributed by atoms with Gasteiger partial charge in [-0.05, 0) is 29.1 Å². The fraction of sp³-hybridized carbons (Fsp3) is 0.409. The number of benzene rings is 2. The van der Waals surface area contributed by atoms with E-state index < -0.39 is 7.49 Å². The summed E-state index contributed by atoms with van der Waals surface area (Å²) in [5.74, 6) is 0.171. The largest absolute Gasteiger partial charge is 0.540 e. The number of nitrogens with zero attached hydrogens (tertiary/aromatic N) is 1. The Kier molecular flexibility index (Phi) is 4.90. The van der Waals surface area contributed by atoms with Gasteiger partial charge in [-0.3, -0.25) is 9.24 Å². The van der Waals surface area contributed by atoms with Gasteiger partial charge in [0.05, 0.1) is 19.8 Å². The van der Waals surface area contributed by atoms with E-state index in [1.807, 2.05) is 23.1 Å². The molecular weight excluding hydrogens is 368 g/mol. The molecule has 6 heteroatoms. The van der Waals surface area contributed by atoms with Crippen LogP contribution in [0.5, 0.6) is 0 Å². The van der Waals surface area contributed by atoms with E-state index in [1.165, 1.54) is 11.1 Å². The molecule has 1 fully saturated rings. The average Bonchev–Trinajstić information content (AvgIpc) is 3.13. The van der Waals surface area contributed by atoms with Gasteiger partial charge in [0, 0.05) is 26.9 Å². The summed E-state index contributed by atoms with van der Waals surface area (Å²) >= 11 is 0.